The highest BCUT2D eigenvalue weighted by atomic mass is 16.1. The van der Waals surface area contributed by atoms with Gasteiger partial charge in [0.1, 0.15) is 5.78 Å². The summed E-state index contributed by atoms with van der Waals surface area (Å²) in [4.78, 5) is 11.7. The monoisotopic (exact) mass is 192 g/mol. The van der Waals surface area contributed by atoms with Gasteiger partial charge in [-0.05, 0) is 37.3 Å². The fourth-order valence-corrected chi connectivity index (χ4v) is 2.46. The van der Waals surface area contributed by atoms with Crippen LogP contribution in [0.15, 0.2) is 23.3 Å². The molecule has 1 aliphatic rings. The third-order valence-electron chi connectivity index (χ3n) is 3.19. The minimum absolute atomic E-state index is 0.172. The summed E-state index contributed by atoms with van der Waals surface area (Å²) >= 11 is 0. The molecular weight excluding hydrogens is 172 g/mol. The van der Waals surface area contributed by atoms with Crippen molar-refractivity contribution in [2.45, 2.75) is 40.5 Å². The molecule has 1 rings (SSSR count). The number of Topliss-reactive ketones (excluding diaryl/α,β-unsaturated/α-hetero) is 1. The number of rotatable bonds is 2. The first-order chi connectivity index (χ1) is 6.65. The van der Waals surface area contributed by atoms with Gasteiger partial charge in [-0.2, -0.15) is 0 Å². The van der Waals surface area contributed by atoms with E-state index in [0.717, 1.165) is 6.42 Å². The SMILES string of the molecule is CC=C1/C(=C\C)C(C(=O)CC)CC1C. The van der Waals surface area contributed by atoms with Crippen LogP contribution in [0, 0.1) is 11.8 Å². The van der Waals surface area contributed by atoms with Crippen LogP contribution in [-0.4, -0.2) is 5.78 Å². The van der Waals surface area contributed by atoms with Crippen molar-refractivity contribution >= 4 is 5.78 Å². The Bertz CT molecular complexity index is 284. The summed E-state index contributed by atoms with van der Waals surface area (Å²) in [5.41, 5.74) is 2.64. The van der Waals surface area contributed by atoms with Gasteiger partial charge in [0.05, 0.1) is 0 Å². The summed E-state index contributed by atoms with van der Waals surface area (Å²) in [5.74, 6) is 1.11. The van der Waals surface area contributed by atoms with Crippen molar-refractivity contribution in [3.05, 3.63) is 23.3 Å². The summed E-state index contributed by atoms with van der Waals surface area (Å²) in [7, 11) is 0. The van der Waals surface area contributed by atoms with Crippen LogP contribution in [0.1, 0.15) is 40.5 Å². The number of hydrogen-bond donors (Lipinski definition) is 0. The third kappa shape index (κ3) is 1.82. The van der Waals surface area contributed by atoms with E-state index in [-0.39, 0.29) is 5.92 Å². The molecule has 0 aromatic heterocycles. The average Bonchev–Trinajstić information content (AvgIpc) is 2.53. The molecule has 0 amide bonds. The number of ketones is 1. The fraction of sp³-hybridized carbons (Fsp3) is 0.615. The minimum atomic E-state index is 0.172. The zero-order valence-electron chi connectivity index (χ0n) is 9.63. The van der Waals surface area contributed by atoms with Crippen molar-refractivity contribution in [2.24, 2.45) is 11.8 Å². The number of carbonyl (C=O) groups is 1. The first-order valence-electron chi connectivity index (χ1n) is 5.51. The molecule has 0 N–H and O–H groups in total. The van der Waals surface area contributed by atoms with Gasteiger partial charge in [-0.3, -0.25) is 4.79 Å². The lowest BCUT2D eigenvalue weighted by Crippen LogP contribution is -2.11. The van der Waals surface area contributed by atoms with E-state index < -0.39 is 0 Å². The second kappa shape index (κ2) is 4.59. The standard InChI is InChI=1S/C13H20O/c1-5-10-9(4)8-12(11(10)6-2)13(14)7-3/h5-6,9,12H,7-8H2,1-4H3/b10-5?,11-6+. The summed E-state index contributed by atoms with van der Waals surface area (Å²) in [5, 5.41) is 0. The number of allylic oxidation sites excluding steroid dienone is 4. The molecule has 0 aliphatic heterocycles. The van der Waals surface area contributed by atoms with Crippen LogP contribution in [0.3, 0.4) is 0 Å². The summed E-state index contributed by atoms with van der Waals surface area (Å²) in [6.45, 7) is 8.26. The van der Waals surface area contributed by atoms with E-state index in [0.29, 0.717) is 18.1 Å². The molecule has 0 aromatic carbocycles. The molecule has 0 saturated heterocycles. The van der Waals surface area contributed by atoms with Crippen molar-refractivity contribution in [1.29, 1.82) is 0 Å². The zero-order valence-corrected chi connectivity index (χ0v) is 9.63. The van der Waals surface area contributed by atoms with E-state index >= 15 is 0 Å². The zero-order chi connectivity index (χ0) is 10.7. The van der Waals surface area contributed by atoms with Gasteiger partial charge >= 0.3 is 0 Å². The molecule has 1 aliphatic carbocycles. The van der Waals surface area contributed by atoms with Crippen LogP contribution in [0.2, 0.25) is 0 Å². The lowest BCUT2D eigenvalue weighted by Gasteiger charge is -2.09. The number of carbonyl (C=O) groups excluding carboxylic acids is 1. The molecule has 1 saturated carbocycles. The van der Waals surface area contributed by atoms with Crippen molar-refractivity contribution < 1.29 is 4.79 Å². The Morgan fingerprint density at radius 2 is 1.93 bits per heavy atom. The predicted molar refractivity (Wildman–Crippen MR) is 60.1 cm³/mol. The molecule has 0 radical (unpaired) electrons. The van der Waals surface area contributed by atoms with Gasteiger partial charge in [0.15, 0.2) is 0 Å². The van der Waals surface area contributed by atoms with Gasteiger partial charge in [-0.1, -0.05) is 26.0 Å². The highest BCUT2D eigenvalue weighted by Gasteiger charge is 2.33. The van der Waals surface area contributed by atoms with Crippen LogP contribution in [0.25, 0.3) is 0 Å². The van der Waals surface area contributed by atoms with Gasteiger partial charge in [0, 0.05) is 12.3 Å². The van der Waals surface area contributed by atoms with E-state index in [1.54, 1.807) is 0 Å². The second-order valence-electron chi connectivity index (χ2n) is 4.00. The Balaban J connectivity index is 2.98. The molecule has 1 heteroatoms. The fourth-order valence-electron chi connectivity index (χ4n) is 2.46. The molecular formula is C13H20O. The molecule has 2 atom stereocenters. The quantitative estimate of drug-likeness (QED) is 0.654. The maximum Gasteiger partial charge on any atom is 0.140 e. The van der Waals surface area contributed by atoms with E-state index in [1.165, 1.54) is 11.1 Å². The van der Waals surface area contributed by atoms with Crippen molar-refractivity contribution in [3.63, 3.8) is 0 Å². The average molecular weight is 192 g/mol. The van der Waals surface area contributed by atoms with E-state index in [1.807, 2.05) is 13.8 Å². The van der Waals surface area contributed by atoms with Crippen LogP contribution in [0.4, 0.5) is 0 Å². The molecule has 1 fully saturated rings. The van der Waals surface area contributed by atoms with Crippen molar-refractivity contribution in [3.8, 4) is 0 Å². The Labute approximate surface area is 86.9 Å². The van der Waals surface area contributed by atoms with Gasteiger partial charge in [0.25, 0.3) is 0 Å². The lowest BCUT2D eigenvalue weighted by atomic mass is 9.94. The van der Waals surface area contributed by atoms with E-state index in [2.05, 4.69) is 26.0 Å². The van der Waals surface area contributed by atoms with Crippen molar-refractivity contribution in [1.82, 2.24) is 0 Å². The Kier molecular flexibility index (Phi) is 3.68. The van der Waals surface area contributed by atoms with Crippen molar-refractivity contribution in [2.75, 3.05) is 0 Å². The molecule has 0 aromatic rings. The lowest BCUT2D eigenvalue weighted by molar-refractivity contribution is -0.121. The summed E-state index contributed by atoms with van der Waals surface area (Å²) in [6.07, 6.45) is 5.93. The topological polar surface area (TPSA) is 17.1 Å². The molecule has 1 nitrogen and oxygen atoms in total. The summed E-state index contributed by atoms with van der Waals surface area (Å²) in [6, 6.07) is 0. The van der Waals surface area contributed by atoms with Gasteiger partial charge < -0.3 is 0 Å². The molecule has 2 unspecified atom stereocenters. The van der Waals surface area contributed by atoms with Crippen LogP contribution < -0.4 is 0 Å². The Morgan fingerprint density at radius 3 is 2.36 bits per heavy atom. The van der Waals surface area contributed by atoms with Crippen LogP contribution in [-0.2, 0) is 4.79 Å². The molecule has 14 heavy (non-hydrogen) atoms. The number of hydrogen-bond acceptors (Lipinski definition) is 1. The first kappa shape index (κ1) is 11.2. The highest BCUT2D eigenvalue weighted by molar-refractivity contribution is 5.85. The molecule has 0 spiro atoms. The van der Waals surface area contributed by atoms with E-state index in [4.69, 9.17) is 0 Å². The maximum absolute atomic E-state index is 11.7. The highest BCUT2D eigenvalue weighted by Crippen LogP contribution is 2.41. The summed E-state index contributed by atoms with van der Waals surface area (Å²) < 4.78 is 0. The maximum atomic E-state index is 11.7. The Morgan fingerprint density at radius 1 is 1.36 bits per heavy atom. The third-order valence-corrected chi connectivity index (χ3v) is 3.19. The van der Waals surface area contributed by atoms with Gasteiger partial charge in [-0.15, -0.1) is 0 Å². The second-order valence-corrected chi connectivity index (χ2v) is 4.00. The molecule has 78 valence electrons. The normalized spacial score (nSPS) is 32.9. The largest absolute Gasteiger partial charge is 0.299 e. The van der Waals surface area contributed by atoms with Crippen LogP contribution in [0.5, 0.6) is 0 Å². The smallest absolute Gasteiger partial charge is 0.140 e. The van der Waals surface area contributed by atoms with E-state index in [9.17, 15) is 4.79 Å². The van der Waals surface area contributed by atoms with Gasteiger partial charge in [0.2, 0.25) is 0 Å². The van der Waals surface area contributed by atoms with Crippen LogP contribution >= 0.6 is 0 Å². The Hall–Kier alpha value is -0.850. The van der Waals surface area contributed by atoms with Gasteiger partial charge in [-0.25, -0.2) is 0 Å². The molecule has 0 heterocycles. The predicted octanol–water partition coefficient (Wildman–Crippen LogP) is 3.51. The minimum Gasteiger partial charge on any atom is -0.299 e. The first-order valence-corrected chi connectivity index (χ1v) is 5.51. The molecule has 0 bridgehead atoms.